The van der Waals surface area contributed by atoms with E-state index in [9.17, 15) is 0 Å². The Hall–Kier alpha value is -1.19. The number of halogens is 1. The van der Waals surface area contributed by atoms with Gasteiger partial charge in [0.15, 0.2) is 0 Å². The van der Waals surface area contributed by atoms with Crippen molar-refractivity contribution >= 4 is 32.9 Å². The van der Waals surface area contributed by atoms with E-state index in [1.807, 2.05) is 19.3 Å². The molecule has 1 aromatic heterocycles. The van der Waals surface area contributed by atoms with Crippen LogP contribution in [0.5, 0.6) is 0 Å². The maximum atomic E-state index is 4.49. The van der Waals surface area contributed by atoms with Crippen molar-refractivity contribution in [2.75, 3.05) is 7.05 Å². The fourth-order valence-corrected chi connectivity index (χ4v) is 2.33. The van der Waals surface area contributed by atoms with Gasteiger partial charge in [0.05, 0.1) is 5.52 Å². The molecule has 0 saturated heterocycles. The monoisotopic (exact) mass is 304 g/mol. The first-order chi connectivity index (χ1) is 8.63. The number of nitrogens with zero attached hydrogens (tertiary/aromatic N) is 1. The summed E-state index contributed by atoms with van der Waals surface area (Å²) in [4.78, 5) is 4.49. The minimum atomic E-state index is 0.368. The summed E-state index contributed by atoms with van der Waals surface area (Å²) in [5, 5.41) is 4.40. The van der Waals surface area contributed by atoms with Crippen molar-refractivity contribution in [3.05, 3.63) is 46.1 Å². The Bertz CT molecular complexity index is 590. The summed E-state index contributed by atoms with van der Waals surface area (Å²) >= 11 is 3.57. The molecule has 1 aromatic carbocycles. The minimum absolute atomic E-state index is 0.368. The first-order valence-corrected chi connectivity index (χ1v) is 6.81. The minimum Gasteiger partial charge on any atom is -0.314 e. The first-order valence-electron chi connectivity index (χ1n) is 6.02. The van der Waals surface area contributed by atoms with Crippen molar-refractivity contribution in [3.63, 3.8) is 0 Å². The first kappa shape index (κ1) is 13.2. The average Bonchev–Trinajstić information content (AvgIpc) is 2.41. The fourth-order valence-electron chi connectivity index (χ4n) is 1.87. The highest BCUT2D eigenvalue weighted by Gasteiger charge is 2.05. The Labute approximate surface area is 116 Å². The van der Waals surface area contributed by atoms with Gasteiger partial charge in [-0.3, -0.25) is 4.98 Å². The van der Waals surface area contributed by atoms with Gasteiger partial charge in [0.1, 0.15) is 0 Å². The van der Waals surface area contributed by atoms with Gasteiger partial charge in [-0.05, 0) is 33.0 Å². The number of benzene rings is 1. The summed E-state index contributed by atoms with van der Waals surface area (Å²) in [6.07, 6.45) is 4.03. The molecule has 1 heterocycles. The van der Waals surface area contributed by atoms with Gasteiger partial charge >= 0.3 is 0 Å². The van der Waals surface area contributed by atoms with Gasteiger partial charge in [-0.25, -0.2) is 0 Å². The quantitative estimate of drug-likeness (QED) is 0.927. The smallest absolute Gasteiger partial charge is 0.0785 e. The van der Waals surface area contributed by atoms with Crippen LogP contribution in [0.2, 0.25) is 0 Å². The van der Waals surface area contributed by atoms with E-state index in [4.69, 9.17) is 0 Å². The lowest BCUT2D eigenvalue weighted by atomic mass is 10.0. The summed E-state index contributed by atoms with van der Waals surface area (Å²) in [5.41, 5.74) is 3.50. The van der Waals surface area contributed by atoms with Crippen LogP contribution >= 0.6 is 15.9 Å². The number of pyridine rings is 1. The lowest BCUT2D eigenvalue weighted by Crippen LogP contribution is -2.21. The average molecular weight is 305 g/mol. The third kappa shape index (κ3) is 2.62. The van der Waals surface area contributed by atoms with Crippen molar-refractivity contribution in [2.24, 2.45) is 0 Å². The fraction of sp³-hybridized carbons (Fsp3) is 0.267. The molecule has 0 aliphatic carbocycles. The number of hydrogen-bond donors (Lipinski definition) is 1. The second-order valence-corrected chi connectivity index (χ2v) is 5.29. The SMILES string of the molecule is CNC(C)/C(C)=C/c1ccc(Br)c2cccnc12. The van der Waals surface area contributed by atoms with Crippen LogP contribution in [0.3, 0.4) is 0 Å². The van der Waals surface area contributed by atoms with Crippen LogP contribution in [0.25, 0.3) is 17.0 Å². The van der Waals surface area contributed by atoms with Gasteiger partial charge in [0.25, 0.3) is 0 Å². The second kappa shape index (κ2) is 5.63. The summed E-state index contributed by atoms with van der Waals surface area (Å²) in [6.45, 7) is 4.29. The molecule has 0 saturated carbocycles. The second-order valence-electron chi connectivity index (χ2n) is 4.43. The molecule has 0 radical (unpaired) electrons. The number of aromatic nitrogens is 1. The van der Waals surface area contributed by atoms with Crippen LogP contribution in [0, 0.1) is 0 Å². The van der Waals surface area contributed by atoms with E-state index in [0.29, 0.717) is 6.04 Å². The maximum absolute atomic E-state index is 4.49. The Kier molecular flexibility index (Phi) is 4.15. The highest BCUT2D eigenvalue weighted by Crippen LogP contribution is 2.26. The van der Waals surface area contributed by atoms with Crippen LogP contribution in [-0.4, -0.2) is 18.1 Å². The van der Waals surface area contributed by atoms with E-state index in [0.717, 1.165) is 20.9 Å². The van der Waals surface area contributed by atoms with Crippen LogP contribution in [0.4, 0.5) is 0 Å². The van der Waals surface area contributed by atoms with E-state index in [2.05, 4.69) is 64.4 Å². The Morgan fingerprint density at radius 3 is 2.89 bits per heavy atom. The standard InChI is InChI=1S/C15H17BrN2/c1-10(11(2)17-3)9-12-6-7-14(16)13-5-4-8-18-15(12)13/h4-9,11,17H,1-3H3/b10-9+. The van der Waals surface area contributed by atoms with Crippen molar-refractivity contribution < 1.29 is 0 Å². The van der Waals surface area contributed by atoms with E-state index >= 15 is 0 Å². The van der Waals surface area contributed by atoms with E-state index in [-0.39, 0.29) is 0 Å². The third-order valence-electron chi connectivity index (χ3n) is 3.25. The topological polar surface area (TPSA) is 24.9 Å². The van der Waals surface area contributed by atoms with Gasteiger partial charge in [-0.15, -0.1) is 0 Å². The largest absolute Gasteiger partial charge is 0.314 e. The lowest BCUT2D eigenvalue weighted by Gasteiger charge is -2.11. The molecule has 1 atom stereocenters. The van der Waals surface area contributed by atoms with Gasteiger partial charge in [0, 0.05) is 27.7 Å². The van der Waals surface area contributed by atoms with E-state index < -0.39 is 0 Å². The molecule has 2 rings (SSSR count). The molecule has 0 aliphatic heterocycles. The van der Waals surface area contributed by atoms with Gasteiger partial charge in [-0.1, -0.05) is 39.7 Å². The zero-order valence-corrected chi connectivity index (χ0v) is 12.5. The number of hydrogen-bond acceptors (Lipinski definition) is 2. The molecule has 0 spiro atoms. The van der Waals surface area contributed by atoms with Crippen LogP contribution in [0.15, 0.2) is 40.5 Å². The number of likely N-dealkylation sites (N-methyl/N-ethyl adjacent to an activating group) is 1. The summed E-state index contributed by atoms with van der Waals surface area (Å²) in [5.74, 6) is 0. The molecule has 1 N–H and O–H groups in total. The maximum Gasteiger partial charge on any atom is 0.0785 e. The molecule has 0 bridgehead atoms. The van der Waals surface area contributed by atoms with Crippen molar-refractivity contribution in [1.82, 2.24) is 10.3 Å². The molecule has 1 unspecified atom stereocenters. The molecule has 94 valence electrons. The molecule has 18 heavy (non-hydrogen) atoms. The predicted octanol–water partition coefficient (Wildman–Crippen LogP) is 4.01. The molecule has 2 nitrogen and oxygen atoms in total. The van der Waals surface area contributed by atoms with E-state index in [1.165, 1.54) is 5.57 Å². The number of fused-ring (bicyclic) bond motifs is 1. The van der Waals surface area contributed by atoms with Gasteiger partial charge in [-0.2, -0.15) is 0 Å². The molecule has 3 heteroatoms. The van der Waals surface area contributed by atoms with Crippen LogP contribution in [-0.2, 0) is 0 Å². The Morgan fingerprint density at radius 2 is 2.17 bits per heavy atom. The van der Waals surface area contributed by atoms with Gasteiger partial charge in [0.2, 0.25) is 0 Å². The molecule has 0 fully saturated rings. The molecular weight excluding hydrogens is 288 g/mol. The molecular formula is C15H17BrN2. The van der Waals surface area contributed by atoms with Gasteiger partial charge < -0.3 is 5.32 Å². The Balaban J connectivity index is 2.56. The normalized spacial score (nSPS) is 13.9. The van der Waals surface area contributed by atoms with Crippen molar-refractivity contribution in [3.8, 4) is 0 Å². The lowest BCUT2D eigenvalue weighted by molar-refractivity contribution is 0.696. The molecule has 0 aliphatic rings. The molecule has 0 amide bonds. The Morgan fingerprint density at radius 1 is 1.39 bits per heavy atom. The summed E-state index contributed by atoms with van der Waals surface area (Å²) in [7, 11) is 1.97. The zero-order valence-electron chi connectivity index (χ0n) is 10.9. The zero-order chi connectivity index (χ0) is 13.1. The predicted molar refractivity (Wildman–Crippen MR) is 81.6 cm³/mol. The highest BCUT2D eigenvalue weighted by molar-refractivity contribution is 9.10. The number of rotatable bonds is 3. The van der Waals surface area contributed by atoms with E-state index in [1.54, 1.807) is 0 Å². The third-order valence-corrected chi connectivity index (χ3v) is 3.94. The highest BCUT2D eigenvalue weighted by atomic mass is 79.9. The van der Waals surface area contributed by atoms with Crippen LogP contribution in [0.1, 0.15) is 19.4 Å². The van der Waals surface area contributed by atoms with Crippen molar-refractivity contribution in [1.29, 1.82) is 0 Å². The summed E-state index contributed by atoms with van der Waals surface area (Å²) < 4.78 is 1.09. The number of nitrogens with one attached hydrogen (secondary N) is 1. The van der Waals surface area contributed by atoms with Crippen LogP contribution < -0.4 is 5.32 Å². The van der Waals surface area contributed by atoms with Crippen molar-refractivity contribution in [2.45, 2.75) is 19.9 Å². The molecule has 2 aromatic rings. The summed E-state index contributed by atoms with van der Waals surface area (Å²) in [6, 6.07) is 8.59.